The molecule has 6 nitrogen and oxygen atoms in total. The van der Waals surface area contributed by atoms with Gasteiger partial charge in [-0.3, -0.25) is 0 Å². The van der Waals surface area contributed by atoms with E-state index in [0.29, 0.717) is 6.54 Å². The van der Waals surface area contributed by atoms with Crippen molar-refractivity contribution in [3.8, 4) is 5.75 Å². The summed E-state index contributed by atoms with van der Waals surface area (Å²) in [7, 11) is 3.84. The highest BCUT2D eigenvalue weighted by Crippen LogP contribution is 2.20. The Balaban J connectivity index is 1.72. The second kappa shape index (κ2) is 7.49. The zero-order valence-electron chi connectivity index (χ0n) is 14.6. The molecule has 2 aromatic rings. The molecule has 2 heterocycles. The van der Waals surface area contributed by atoms with Crippen molar-refractivity contribution in [3.05, 3.63) is 41.6 Å². The summed E-state index contributed by atoms with van der Waals surface area (Å²) in [6.45, 7) is 6.69. The SMILES string of the molecule is COc1ccccc1CNc1cc(C)nc(N2CCN(C)CC2)n1. The first-order valence-corrected chi connectivity index (χ1v) is 8.30. The van der Waals surface area contributed by atoms with E-state index in [1.54, 1.807) is 7.11 Å². The number of hydrogen-bond donors (Lipinski definition) is 1. The summed E-state index contributed by atoms with van der Waals surface area (Å²) in [6.07, 6.45) is 0. The molecule has 0 atom stereocenters. The molecule has 24 heavy (non-hydrogen) atoms. The van der Waals surface area contributed by atoms with Crippen LogP contribution >= 0.6 is 0 Å². The lowest BCUT2D eigenvalue weighted by atomic mass is 10.2. The highest BCUT2D eigenvalue weighted by atomic mass is 16.5. The molecule has 128 valence electrons. The van der Waals surface area contributed by atoms with Crippen molar-refractivity contribution >= 4 is 11.8 Å². The Morgan fingerprint density at radius 1 is 1.12 bits per heavy atom. The lowest BCUT2D eigenvalue weighted by molar-refractivity contribution is 0.311. The maximum absolute atomic E-state index is 5.40. The standard InChI is InChI=1S/C18H25N5O/c1-14-12-17(19-13-15-6-4-5-7-16(15)24-3)21-18(20-14)23-10-8-22(2)9-11-23/h4-7,12H,8-11,13H2,1-3H3,(H,19,20,21). The molecule has 1 aliphatic rings. The quantitative estimate of drug-likeness (QED) is 0.908. The molecule has 0 spiro atoms. The lowest BCUT2D eigenvalue weighted by Gasteiger charge is -2.32. The van der Waals surface area contributed by atoms with E-state index in [0.717, 1.165) is 55.0 Å². The monoisotopic (exact) mass is 327 g/mol. The van der Waals surface area contributed by atoms with Crippen LogP contribution in [0.4, 0.5) is 11.8 Å². The molecule has 1 aliphatic heterocycles. The van der Waals surface area contributed by atoms with Gasteiger partial charge in [-0.15, -0.1) is 0 Å². The van der Waals surface area contributed by atoms with Gasteiger partial charge in [-0.2, -0.15) is 4.98 Å². The van der Waals surface area contributed by atoms with Crippen LogP contribution in [-0.2, 0) is 6.54 Å². The number of methoxy groups -OCH3 is 1. The number of anilines is 2. The van der Waals surface area contributed by atoms with Gasteiger partial charge in [0.25, 0.3) is 0 Å². The van der Waals surface area contributed by atoms with E-state index in [2.05, 4.69) is 33.2 Å². The molecule has 0 aliphatic carbocycles. The van der Waals surface area contributed by atoms with E-state index in [1.165, 1.54) is 0 Å². The number of piperazine rings is 1. The highest BCUT2D eigenvalue weighted by molar-refractivity contribution is 5.45. The normalized spacial score (nSPS) is 15.4. The maximum atomic E-state index is 5.40. The Bertz CT molecular complexity index is 683. The number of rotatable bonds is 5. The number of ether oxygens (including phenoxy) is 1. The smallest absolute Gasteiger partial charge is 0.227 e. The van der Waals surface area contributed by atoms with Gasteiger partial charge < -0.3 is 19.9 Å². The van der Waals surface area contributed by atoms with E-state index < -0.39 is 0 Å². The van der Waals surface area contributed by atoms with E-state index in [9.17, 15) is 0 Å². The zero-order valence-corrected chi connectivity index (χ0v) is 14.6. The van der Waals surface area contributed by atoms with Crippen molar-refractivity contribution in [1.29, 1.82) is 0 Å². The fourth-order valence-corrected chi connectivity index (χ4v) is 2.83. The third-order valence-corrected chi connectivity index (χ3v) is 4.28. The third kappa shape index (κ3) is 3.94. The van der Waals surface area contributed by atoms with Gasteiger partial charge in [-0.1, -0.05) is 18.2 Å². The van der Waals surface area contributed by atoms with Crippen LogP contribution in [0, 0.1) is 6.92 Å². The summed E-state index contributed by atoms with van der Waals surface area (Å²) in [5.74, 6) is 2.54. The molecule has 6 heteroatoms. The van der Waals surface area contributed by atoms with Crippen molar-refractivity contribution in [2.75, 3.05) is 50.6 Å². The summed E-state index contributed by atoms with van der Waals surface area (Å²) in [4.78, 5) is 13.9. The number of hydrogen-bond acceptors (Lipinski definition) is 6. The number of likely N-dealkylation sites (N-methyl/N-ethyl adjacent to an activating group) is 1. The number of aryl methyl sites for hydroxylation is 1. The van der Waals surface area contributed by atoms with Crippen molar-refractivity contribution < 1.29 is 4.74 Å². The molecule has 0 unspecified atom stereocenters. The highest BCUT2D eigenvalue weighted by Gasteiger charge is 2.17. The Morgan fingerprint density at radius 3 is 2.62 bits per heavy atom. The molecule has 0 amide bonds. The second-order valence-corrected chi connectivity index (χ2v) is 6.15. The molecule has 1 N–H and O–H groups in total. The predicted molar refractivity (Wildman–Crippen MR) is 96.8 cm³/mol. The first kappa shape index (κ1) is 16.5. The summed E-state index contributed by atoms with van der Waals surface area (Å²) >= 11 is 0. The van der Waals surface area contributed by atoms with Crippen LogP contribution in [0.15, 0.2) is 30.3 Å². The largest absolute Gasteiger partial charge is 0.496 e. The van der Waals surface area contributed by atoms with Gasteiger partial charge in [0.15, 0.2) is 0 Å². The van der Waals surface area contributed by atoms with Crippen LogP contribution in [0.25, 0.3) is 0 Å². The van der Waals surface area contributed by atoms with Gasteiger partial charge in [0.1, 0.15) is 11.6 Å². The predicted octanol–water partition coefficient (Wildman–Crippen LogP) is 2.16. The molecule has 1 aromatic carbocycles. The van der Waals surface area contributed by atoms with Crippen LogP contribution in [0.2, 0.25) is 0 Å². The van der Waals surface area contributed by atoms with Gasteiger partial charge in [-0.05, 0) is 20.0 Å². The first-order chi connectivity index (χ1) is 11.7. The van der Waals surface area contributed by atoms with Crippen LogP contribution < -0.4 is 15.0 Å². The topological polar surface area (TPSA) is 53.5 Å². The maximum Gasteiger partial charge on any atom is 0.227 e. The molecule has 0 saturated carbocycles. The third-order valence-electron chi connectivity index (χ3n) is 4.28. The van der Waals surface area contributed by atoms with Crippen molar-refractivity contribution in [3.63, 3.8) is 0 Å². The average molecular weight is 327 g/mol. The molecule has 3 rings (SSSR count). The summed E-state index contributed by atoms with van der Waals surface area (Å²) in [5, 5.41) is 3.40. The van der Waals surface area contributed by atoms with Crippen LogP contribution in [-0.4, -0.2) is 55.2 Å². The fourth-order valence-electron chi connectivity index (χ4n) is 2.83. The first-order valence-electron chi connectivity index (χ1n) is 8.30. The Labute approximate surface area is 143 Å². The summed E-state index contributed by atoms with van der Waals surface area (Å²) in [6, 6.07) is 10.00. The minimum atomic E-state index is 0.669. The summed E-state index contributed by atoms with van der Waals surface area (Å²) < 4.78 is 5.40. The number of para-hydroxylation sites is 1. The summed E-state index contributed by atoms with van der Waals surface area (Å²) in [5.41, 5.74) is 2.08. The zero-order chi connectivity index (χ0) is 16.9. The van der Waals surface area contributed by atoms with Gasteiger partial charge in [0.2, 0.25) is 5.95 Å². The van der Waals surface area contributed by atoms with E-state index in [1.807, 2.05) is 31.2 Å². The molecule has 1 aromatic heterocycles. The van der Waals surface area contributed by atoms with Gasteiger partial charge in [0.05, 0.1) is 7.11 Å². The van der Waals surface area contributed by atoms with Gasteiger partial charge >= 0.3 is 0 Å². The number of nitrogens with zero attached hydrogens (tertiary/aromatic N) is 4. The average Bonchev–Trinajstić information content (AvgIpc) is 2.60. The second-order valence-electron chi connectivity index (χ2n) is 6.15. The van der Waals surface area contributed by atoms with E-state index >= 15 is 0 Å². The number of benzene rings is 1. The Hall–Kier alpha value is -2.34. The molecule has 0 bridgehead atoms. The van der Waals surface area contributed by atoms with Crippen molar-refractivity contribution in [1.82, 2.24) is 14.9 Å². The minimum Gasteiger partial charge on any atom is -0.496 e. The molecular weight excluding hydrogens is 302 g/mol. The lowest BCUT2D eigenvalue weighted by Crippen LogP contribution is -2.45. The Kier molecular flexibility index (Phi) is 5.15. The number of nitrogens with one attached hydrogen (secondary N) is 1. The van der Waals surface area contributed by atoms with E-state index in [-0.39, 0.29) is 0 Å². The van der Waals surface area contributed by atoms with E-state index in [4.69, 9.17) is 9.72 Å². The van der Waals surface area contributed by atoms with Crippen LogP contribution in [0.3, 0.4) is 0 Å². The minimum absolute atomic E-state index is 0.669. The number of aromatic nitrogens is 2. The van der Waals surface area contributed by atoms with Gasteiger partial charge in [0, 0.05) is 50.0 Å². The van der Waals surface area contributed by atoms with Crippen molar-refractivity contribution in [2.45, 2.75) is 13.5 Å². The molecule has 1 saturated heterocycles. The molecular formula is C18H25N5O. The van der Waals surface area contributed by atoms with Crippen molar-refractivity contribution in [2.24, 2.45) is 0 Å². The fraction of sp³-hybridized carbons (Fsp3) is 0.444. The molecule has 1 fully saturated rings. The van der Waals surface area contributed by atoms with Crippen LogP contribution in [0.1, 0.15) is 11.3 Å². The Morgan fingerprint density at radius 2 is 1.88 bits per heavy atom. The van der Waals surface area contributed by atoms with Crippen LogP contribution in [0.5, 0.6) is 5.75 Å². The van der Waals surface area contributed by atoms with Gasteiger partial charge in [-0.25, -0.2) is 4.98 Å². The molecule has 0 radical (unpaired) electrons.